The van der Waals surface area contributed by atoms with E-state index < -0.39 is 5.60 Å². The molecule has 4 aliphatic carbocycles. The minimum Gasteiger partial charge on any atom is -0.450 e. The van der Waals surface area contributed by atoms with E-state index in [2.05, 4.69) is 20.8 Å². The van der Waals surface area contributed by atoms with Gasteiger partial charge in [-0.05, 0) is 87.5 Å². The third-order valence-corrected chi connectivity index (χ3v) is 9.92. The van der Waals surface area contributed by atoms with E-state index in [0.717, 1.165) is 57.8 Å². The van der Waals surface area contributed by atoms with Gasteiger partial charge >= 0.3 is 5.97 Å². The summed E-state index contributed by atoms with van der Waals surface area (Å²) in [5.41, 5.74) is 0.261. The van der Waals surface area contributed by atoms with E-state index in [-0.39, 0.29) is 28.4 Å². The Kier molecular flexibility index (Phi) is 5.98. The summed E-state index contributed by atoms with van der Waals surface area (Å²) >= 11 is 0. The van der Waals surface area contributed by atoms with Crippen LogP contribution in [-0.4, -0.2) is 23.1 Å². The molecule has 0 spiro atoms. The van der Waals surface area contributed by atoms with Crippen LogP contribution in [0.15, 0.2) is 11.6 Å². The van der Waals surface area contributed by atoms with Gasteiger partial charge in [0.05, 0.1) is 0 Å². The fraction of sp³-hybridized carbons (Fsp3) is 0.815. The van der Waals surface area contributed by atoms with Crippen molar-refractivity contribution in [3.8, 4) is 0 Å². The van der Waals surface area contributed by atoms with Gasteiger partial charge in [0, 0.05) is 18.3 Å². The van der Waals surface area contributed by atoms with Crippen LogP contribution < -0.4 is 0 Å². The highest BCUT2D eigenvalue weighted by atomic mass is 16.6. The molecular weight excluding hydrogens is 388 g/mol. The van der Waals surface area contributed by atoms with Crippen LogP contribution in [0.3, 0.4) is 0 Å². The normalized spacial score (nSPS) is 41.6. The highest BCUT2D eigenvalue weighted by Crippen LogP contribution is 2.68. The van der Waals surface area contributed by atoms with Crippen LogP contribution in [0.1, 0.15) is 105 Å². The lowest BCUT2D eigenvalue weighted by Gasteiger charge is -2.59. The van der Waals surface area contributed by atoms with Gasteiger partial charge in [-0.2, -0.15) is 0 Å². The van der Waals surface area contributed by atoms with Crippen molar-refractivity contribution in [2.24, 2.45) is 28.6 Å². The van der Waals surface area contributed by atoms with Crippen molar-refractivity contribution in [3.63, 3.8) is 0 Å². The molecule has 0 amide bonds. The predicted octanol–water partition coefficient (Wildman–Crippen LogP) is 5.97. The van der Waals surface area contributed by atoms with Gasteiger partial charge in [-0.25, -0.2) is 0 Å². The van der Waals surface area contributed by atoms with Crippen LogP contribution in [0, 0.1) is 28.6 Å². The van der Waals surface area contributed by atoms with Crippen molar-refractivity contribution in [2.75, 3.05) is 0 Å². The number of unbranched alkanes of at least 4 members (excludes halogenated alkanes) is 2. The third kappa shape index (κ3) is 3.43. The molecule has 4 heteroatoms. The number of hydrogen-bond donors (Lipinski definition) is 0. The summed E-state index contributed by atoms with van der Waals surface area (Å²) in [5.74, 6) is 1.66. The van der Waals surface area contributed by atoms with Crippen LogP contribution in [0.2, 0.25) is 0 Å². The summed E-state index contributed by atoms with van der Waals surface area (Å²) < 4.78 is 6.16. The van der Waals surface area contributed by atoms with Crippen molar-refractivity contribution in [3.05, 3.63) is 11.6 Å². The molecule has 0 N–H and O–H groups in total. The number of ether oxygens (including phenoxy) is 1. The molecule has 0 aromatic carbocycles. The Morgan fingerprint density at radius 1 is 1.03 bits per heavy atom. The Bertz CT molecular complexity index is 797. The standard InChI is InChI=1S/C27H40O4/c1-5-6-7-8-24(30)31-27(18(2)28)16-13-23-21-10-9-19-17-20(29)11-14-25(19,3)22(21)12-15-26(23,27)4/h17,21-23H,5-16H2,1-4H3/t21-,22?,23?,25+,26+,27?/m0/s1. The highest BCUT2D eigenvalue weighted by Gasteiger charge is 2.67. The Labute approximate surface area is 187 Å². The molecule has 172 valence electrons. The SMILES string of the molecule is CCCCCC(=O)OC1(C(C)=O)CCC2[C@H]3CCC4=CC(=O)CC[C@@]4(C)C3CC[C@]21C. The number of esters is 1. The summed E-state index contributed by atoms with van der Waals surface area (Å²) in [6.07, 6.45) is 12.6. The molecule has 0 aromatic rings. The number of carbonyl (C=O) groups excluding carboxylic acids is 3. The van der Waals surface area contributed by atoms with Gasteiger partial charge in [0.25, 0.3) is 0 Å². The number of rotatable bonds is 6. The molecule has 6 atom stereocenters. The predicted molar refractivity (Wildman–Crippen MR) is 120 cm³/mol. The first-order valence-electron chi connectivity index (χ1n) is 12.6. The zero-order chi connectivity index (χ0) is 22.4. The lowest BCUT2D eigenvalue weighted by Crippen LogP contribution is -2.58. The van der Waals surface area contributed by atoms with Crippen LogP contribution in [0.25, 0.3) is 0 Å². The number of Topliss-reactive ketones (excluding diaryl/α,β-unsaturated/α-hetero) is 1. The van der Waals surface area contributed by atoms with Gasteiger partial charge < -0.3 is 4.74 Å². The van der Waals surface area contributed by atoms with Crippen molar-refractivity contribution >= 4 is 17.5 Å². The minimum absolute atomic E-state index is 0.0330. The Balaban J connectivity index is 1.59. The summed E-state index contributed by atoms with van der Waals surface area (Å²) in [5, 5.41) is 0. The van der Waals surface area contributed by atoms with Crippen molar-refractivity contribution < 1.29 is 19.1 Å². The molecule has 0 saturated heterocycles. The molecule has 0 bridgehead atoms. The lowest BCUT2D eigenvalue weighted by molar-refractivity contribution is -0.189. The maximum Gasteiger partial charge on any atom is 0.306 e. The molecule has 4 rings (SSSR count). The van der Waals surface area contributed by atoms with Crippen molar-refractivity contribution in [1.29, 1.82) is 0 Å². The number of ketones is 2. The van der Waals surface area contributed by atoms with E-state index >= 15 is 0 Å². The average molecular weight is 429 g/mol. The van der Waals surface area contributed by atoms with Gasteiger partial charge in [-0.3, -0.25) is 14.4 Å². The lowest BCUT2D eigenvalue weighted by atomic mass is 9.46. The topological polar surface area (TPSA) is 60.4 Å². The third-order valence-electron chi connectivity index (χ3n) is 9.92. The van der Waals surface area contributed by atoms with Crippen LogP contribution in [-0.2, 0) is 19.1 Å². The van der Waals surface area contributed by atoms with E-state index in [1.807, 2.05) is 6.08 Å². The zero-order valence-electron chi connectivity index (χ0n) is 19.9. The van der Waals surface area contributed by atoms with Crippen molar-refractivity contribution in [1.82, 2.24) is 0 Å². The first-order valence-corrected chi connectivity index (χ1v) is 12.6. The second-order valence-corrected chi connectivity index (χ2v) is 11.3. The quantitative estimate of drug-likeness (QED) is 0.386. The number of allylic oxidation sites excluding steroid dienone is 1. The summed E-state index contributed by atoms with van der Waals surface area (Å²) in [6.45, 7) is 8.37. The largest absolute Gasteiger partial charge is 0.450 e. The molecule has 4 nitrogen and oxygen atoms in total. The molecule has 0 radical (unpaired) electrons. The van der Waals surface area contributed by atoms with E-state index in [0.29, 0.717) is 37.0 Å². The van der Waals surface area contributed by atoms with Gasteiger partial charge in [0.15, 0.2) is 17.2 Å². The number of hydrogen-bond acceptors (Lipinski definition) is 4. The molecule has 0 aromatic heterocycles. The molecule has 3 fully saturated rings. The zero-order valence-corrected chi connectivity index (χ0v) is 19.9. The maximum atomic E-state index is 13.1. The van der Waals surface area contributed by atoms with E-state index in [4.69, 9.17) is 4.74 Å². The second kappa shape index (κ2) is 8.15. The highest BCUT2D eigenvalue weighted by molar-refractivity contribution is 5.91. The van der Waals surface area contributed by atoms with Gasteiger partial charge in [-0.1, -0.05) is 39.2 Å². The molecule has 4 aliphatic rings. The molecule has 0 heterocycles. The smallest absolute Gasteiger partial charge is 0.306 e. The van der Waals surface area contributed by atoms with Crippen molar-refractivity contribution in [2.45, 2.75) is 110 Å². The van der Waals surface area contributed by atoms with E-state index in [1.165, 1.54) is 5.57 Å². The Morgan fingerprint density at radius 3 is 2.48 bits per heavy atom. The summed E-state index contributed by atoms with van der Waals surface area (Å²) in [7, 11) is 0. The molecule has 31 heavy (non-hydrogen) atoms. The summed E-state index contributed by atoms with van der Waals surface area (Å²) in [4.78, 5) is 37.8. The molecule has 0 aliphatic heterocycles. The first-order chi connectivity index (χ1) is 14.7. The minimum atomic E-state index is -0.953. The van der Waals surface area contributed by atoms with E-state index in [9.17, 15) is 14.4 Å². The van der Waals surface area contributed by atoms with Crippen LogP contribution >= 0.6 is 0 Å². The second-order valence-electron chi connectivity index (χ2n) is 11.3. The Morgan fingerprint density at radius 2 is 1.77 bits per heavy atom. The maximum absolute atomic E-state index is 13.1. The van der Waals surface area contributed by atoms with Gasteiger partial charge in [-0.15, -0.1) is 0 Å². The molecular formula is C27H40O4. The van der Waals surface area contributed by atoms with Gasteiger partial charge in [0.1, 0.15) is 0 Å². The molecule has 3 saturated carbocycles. The average Bonchev–Trinajstić information content (AvgIpc) is 3.02. The number of carbonyl (C=O) groups is 3. The van der Waals surface area contributed by atoms with Crippen LogP contribution in [0.5, 0.6) is 0 Å². The first kappa shape index (κ1) is 22.7. The summed E-state index contributed by atoms with van der Waals surface area (Å²) in [6, 6.07) is 0. The fourth-order valence-electron chi connectivity index (χ4n) is 8.14. The Hall–Kier alpha value is -1.45. The van der Waals surface area contributed by atoms with Crippen LogP contribution in [0.4, 0.5) is 0 Å². The monoisotopic (exact) mass is 428 g/mol. The fourth-order valence-corrected chi connectivity index (χ4v) is 8.14. The number of fused-ring (bicyclic) bond motifs is 5. The van der Waals surface area contributed by atoms with Gasteiger partial charge in [0.2, 0.25) is 0 Å². The molecule has 3 unspecified atom stereocenters. The van der Waals surface area contributed by atoms with E-state index in [1.54, 1.807) is 6.92 Å².